The lowest BCUT2D eigenvalue weighted by molar-refractivity contribution is -0.140. The highest BCUT2D eigenvalue weighted by molar-refractivity contribution is 7.11. The maximum absolute atomic E-state index is 12.6. The number of amides is 1. The van der Waals surface area contributed by atoms with Crippen LogP contribution in [-0.4, -0.2) is 48.0 Å². The number of guanidine groups is 1. The Morgan fingerprint density at radius 1 is 1.21 bits per heavy atom. The van der Waals surface area contributed by atoms with Crippen LogP contribution in [0.3, 0.4) is 0 Å². The summed E-state index contributed by atoms with van der Waals surface area (Å²) in [6, 6.07) is 0. The Bertz CT molecular complexity index is 802. The number of hydrogen-bond donors (Lipinski definition) is 3. The van der Waals surface area contributed by atoms with Gasteiger partial charge in [-0.15, -0.1) is 22.7 Å². The van der Waals surface area contributed by atoms with Crippen LogP contribution in [0.5, 0.6) is 0 Å². The van der Waals surface area contributed by atoms with Gasteiger partial charge in [-0.2, -0.15) is 13.2 Å². The van der Waals surface area contributed by atoms with E-state index >= 15 is 0 Å². The molecule has 0 aliphatic carbocycles. The van der Waals surface area contributed by atoms with Crippen molar-refractivity contribution in [2.24, 2.45) is 4.99 Å². The average molecular weight is 435 g/mol. The van der Waals surface area contributed by atoms with E-state index in [4.69, 9.17) is 0 Å². The predicted octanol–water partition coefficient (Wildman–Crippen LogP) is 2.45. The molecule has 2 heterocycles. The van der Waals surface area contributed by atoms with Crippen LogP contribution in [-0.2, 0) is 12.6 Å². The Morgan fingerprint density at radius 3 is 2.57 bits per heavy atom. The second-order valence-electron chi connectivity index (χ2n) is 5.58. The number of aryl methyl sites for hydroxylation is 1. The number of aliphatic imine (C=N–C) groups is 1. The number of nitrogens with zero attached hydrogens (tertiary/aromatic N) is 3. The first kappa shape index (κ1) is 22.1. The fraction of sp³-hybridized carbons (Fsp3) is 0.500. The van der Waals surface area contributed by atoms with Crippen LogP contribution < -0.4 is 16.0 Å². The van der Waals surface area contributed by atoms with Crippen molar-refractivity contribution < 1.29 is 18.0 Å². The molecule has 2 rings (SSSR count). The summed E-state index contributed by atoms with van der Waals surface area (Å²) in [6.07, 6.45) is -4.10. The maximum atomic E-state index is 12.6. The van der Waals surface area contributed by atoms with Crippen LogP contribution >= 0.6 is 22.7 Å². The van der Waals surface area contributed by atoms with Gasteiger partial charge in [0.2, 0.25) is 0 Å². The lowest BCUT2D eigenvalue weighted by Crippen LogP contribution is -2.41. The third kappa shape index (κ3) is 6.75. The lowest BCUT2D eigenvalue weighted by atomic mass is 10.4. The summed E-state index contributed by atoms with van der Waals surface area (Å²) in [4.78, 5) is 24.5. The summed E-state index contributed by atoms with van der Waals surface area (Å²) in [5, 5.41) is 10.3. The van der Waals surface area contributed by atoms with E-state index in [-0.39, 0.29) is 5.91 Å². The van der Waals surface area contributed by atoms with E-state index in [0.717, 1.165) is 16.7 Å². The molecular weight excluding hydrogens is 413 g/mol. The molecule has 0 bridgehead atoms. The monoisotopic (exact) mass is 434 g/mol. The molecule has 0 aliphatic heterocycles. The highest BCUT2D eigenvalue weighted by atomic mass is 32.1. The number of carbonyl (C=O) groups is 1. The zero-order valence-electron chi connectivity index (χ0n) is 15.4. The largest absolute Gasteiger partial charge is 0.434 e. The highest BCUT2D eigenvalue weighted by Crippen LogP contribution is 2.30. The second-order valence-corrected chi connectivity index (χ2v) is 7.38. The molecule has 0 aliphatic rings. The Labute approximate surface area is 168 Å². The number of thiazole rings is 2. The van der Waals surface area contributed by atoms with Crippen molar-refractivity contribution >= 4 is 34.5 Å². The van der Waals surface area contributed by atoms with Gasteiger partial charge >= 0.3 is 6.18 Å². The van der Waals surface area contributed by atoms with Crippen LogP contribution in [0.25, 0.3) is 0 Å². The summed E-state index contributed by atoms with van der Waals surface area (Å²) in [7, 11) is 0. The molecule has 0 atom stereocenters. The van der Waals surface area contributed by atoms with Gasteiger partial charge in [0.1, 0.15) is 4.88 Å². The molecule has 0 saturated heterocycles. The Hall–Kier alpha value is -2.21. The SMILES string of the molecule is CCNC(=NCCc1nc(C(F)(F)F)cs1)NCCNC(=O)c1scnc1C. The van der Waals surface area contributed by atoms with E-state index in [1.807, 2.05) is 6.92 Å². The molecule has 2 aromatic rings. The maximum Gasteiger partial charge on any atom is 0.434 e. The molecule has 7 nitrogen and oxygen atoms in total. The Morgan fingerprint density at radius 2 is 1.96 bits per heavy atom. The van der Waals surface area contributed by atoms with Gasteiger partial charge in [0, 0.05) is 38.0 Å². The summed E-state index contributed by atoms with van der Waals surface area (Å²) in [5.74, 6) is 0.353. The fourth-order valence-electron chi connectivity index (χ4n) is 2.12. The van der Waals surface area contributed by atoms with Crippen molar-refractivity contribution in [3.8, 4) is 0 Å². The molecule has 0 spiro atoms. The Balaban J connectivity index is 1.76. The average Bonchev–Trinajstić information content (AvgIpc) is 3.27. The first-order valence-corrected chi connectivity index (χ1v) is 10.3. The van der Waals surface area contributed by atoms with Crippen LogP contribution in [0.15, 0.2) is 15.9 Å². The van der Waals surface area contributed by atoms with Crippen LogP contribution in [0, 0.1) is 6.92 Å². The van der Waals surface area contributed by atoms with E-state index in [1.54, 1.807) is 12.4 Å². The van der Waals surface area contributed by atoms with Gasteiger partial charge in [0.15, 0.2) is 11.7 Å². The van der Waals surface area contributed by atoms with Gasteiger partial charge < -0.3 is 16.0 Å². The van der Waals surface area contributed by atoms with Crippen molar-refractivity contribution in [3.63, 3.8) is 0 Å². The smallest absolute Gasteiger partial charge is 0.357 e. The van der Waals surface area contributed by atoms with Crippen molar-refractivity contribution in [2.75, 3.05) is 26.2 Å². The number of nitrogens with one attached hydrogen (secondary N) is 3. The number of rotatable bonds is 8. The molecule has 0 unspecified atom stereocenters. The number of halogens is 3. The summed E-state index contributed by atoms with van der Waals surface area (Å²) in [6.45, 7) is 5.45. The summed E-state index contributed by atoms with van der Waals surface area (Å²) in [5.41, 5.74) is 1.45. The fourth-order valence-corrected chi connectivity index (χ4v) is 3.63. The van der Waals surface area contributed by atoms with Crippen LogP contribution in [0.2, 0.25) is 0 Å². The number of carbonyl (C=O) groups excluding carboxylic acids is 1. The molecule has 0 saturated carbocycles. The van der Waals surface area contributed by atoms with Crippen LogP contribution in [0.1, 0.15) is 33.0 Å². The van der Waals surface area contributed by atoms with E-state index < -0.39 is 11.9 Å². The minimum Gasteiger partial charge on any atom is -0.357 e. The third-order valence-electron chi connectivity index (χ3n) is 3.44. The Kier molecular flexibility index (Phi) is 8.18. The van der Waals surface area contributed by atoms with E-state index in [1.165, 1.54) is 11.3 Å². The van der Waals surface area contributed by atoms with Gasteiger partial charge in [0.25, 0.3) is 5.91 Å². The number of alkyl halides is 3. The second kappa shape index (κ2) is 10.4. The van der Waals surface area contributed by atoms with E-state index in [0.29, 0.717) is 54.1 Å². The standard InChI is InChI=1S/C16H21F3N6OS2/c1-3-20-15(22-5-4-12-25-11(8-27-12)16(17,18)19)23-7-6-21-14(26)13-10(2)24-9-28-13/h8-9H,3-7H2,1-2H3,(H,21,26)(H2,20,22,23). The zero-order chi connectivity index (χ0) is 20.6. The van der Waals surface area contributed by atoms with Crippen molar-refractivity contribution in [1.29, 1.82) is 0 Å². The minimum absolute atomic E-state index is 0.173. The van der Waals surface area contributed by atoms with Gasteiger partial charge in [-0.05, 0) is 13.8 Å². The molecule has 3 N–H and O–H groups in total. The first-order chi connectivity index (χ1) is 13.3. The van der Waals surface area contributed by atoms with Crippen molar-refractivity contribution in [1.82, 2.24) is 25.9 Å². The summed E-state index contributed by atoms with van der Waals surface area (Å²) >= 11 is 2.26. The third-order valence-corrected chi connectivity index (χ3v) is 5.27. The van der Waals surface area contributed by atoms with Gasteiger partial charge in [-0.1, -0.05) is 0 Å². The molecule has 1 amide bonds. The number of aromatic nitrogens is 2. The van der Waals surface area contributed by atoms with Gasteiger partial charge in [-0.3, -0.25) is 9.79 Å². The zero-order valence-corrected chi connectivity index (χ0v) is 17.0. The molecule has 2 aromatic heterocycles. The molecule has 0 aromatic carbocycles. The molecule has 154 valence electrons. The minimum atomic E-state index is -4.42. The van der Waals surface area contributed by atoms with Gasteiger partial charge in [0.05, 0.1) is 16.2 Å². The molecule has 28 heavy (non-hydrogen) atoms. The quantitative estimate of drug-likeness (QED) is 0.337. The molecule has 12 heteroatoms. The molecule has 0 fully saturated rings. The normalized spacial score (nSPS) is 12.1. The first-order valence-electron chi connectivity index (χ1n) is 8.53. The van der Waals surface area contributed by atoms with E-state index in [9.17, 15) is 18.0 Å². The topological polar surface area (TPSA) is 91.3 Å². The van der Waals surface area contributed by atoms with Crippen molar-refractivity contribution in [2.45, 2.75) is 26.4 Å². The van der Waals surface area contributed by atoms with Crippen molar-refractivity contribution in [3.05, 3.63) is 32.2 Å². The highest BCUT2D eigenvalue weighted by Gasteiger charge is 2.33. The number of hydrogen-bond acceptors (Lipinski definition) is 6. The molecular formula is C16H21F3N6OS2. The van der Waals surface area contributed by atoms with Crippen LogP contribution in [0.4, 0.5) is 13.2 Å². The summed E-state index contributed by atoms with van der Waals surface area (Å²) < 4.78 is 37.7. The van der Waals surface area contributed by atoms with Gasteiger partial charge in [-0.25, -0.2) is 9.97 Å². The molecule has 0 radical (unpaired) electrons. The predicted molar refractivity (Wildman–Crippen MR) is 104 cm³/mol. The lowest BCUT2D eigenvalue weighted by Gasteiger charge is -2.11. The van der Waals surface area contributed by atoms with E-state index in [2.05, 4.69) is 30.9 Å².